The Morgan fingerprint density at radius 2 is 1.35 bits per heavy atom. The summed E-state index contributed by atoms with van der Waals surface area (Å²) in [5.74, 6) is 0.796. The predicted octanol–water partition coefficient (Wildman–Crippen LogP) is 6.29. The predicted molar refractivity (Wildman–Crippen MR) is 93.9 cm³/mol. The lowest BCUT2D eigenvalue weighted by Gasteiger charge is -2.33. The van der Waals surface area contributed by atoms with Crippen LogP contribution in [0.25, 0.3) is 0 Å². The first-order valence-corrected chi connectivity index (χ1v) is 9.59. The third kappa shape index (κ3) is 10.0. The summed E-state index contributed by atoms with van der Waals surface area (Å²) in [4.78, 5) is 0. The standard InChI is InChI=1S/C18H38ClN/c1-4-7-8-9-10-11-12-15-18(5-2,6-3)20-17-14-13-16-19/h20H,4-17H2,1-3H3. The second-order valence-corrected chi connectivity index (χ2v) is 6.56. The number of rotatable bonds is 15. The second kappa shape index (κ2) is 14.2. The molecule has 0 heterocycles. The molecule has 0 aliphatic rings. The van der Waals surface area contributed by atoms with Crippen molar-refractivity contribution >= 4 is 11.6 Å². The van der Waals surface area contributed by atoms with Gasteiger partial charge in [0.15, 0.2) is 0 Å². The summed E-state index contributed by atoms with van der Waals surface area (Å²) < 4.78 is 0. The van der Waals surface area contributed by atoms with Crippen molar-refractivity contribution in [2.45, 2.75) is 103 Å². The molecule has 0 atom stereocenters. The largest absolute Gasteiger partial charge is 0.311 e. The molecule has 0 fully saturated rings. The summed E-state index contributed by atoms with van der Waals surface area (Å²) >= 11 is 5.75. The average molecular weight is 304 g/mol. The van der Waals surface area contributed by atoms with Crippen molar-refractivity contribution in [3.05, 3.63) is 0 Å². The lowest BCUT2D eigenvalue weighted by molar-refractivity contribution is 0.269. The number of halogens is 1. The van der Waals surface area contributed by atoms with Gasteiger partial charge < -0.3 is 5.32 Å². The van der Waals surface area contributed by atoms with E-state index in [1.807, 2.05) is 0 Å². The Balaban J connectivity index is 3.76. The molecule has 0 aliphatic heterocycles. The molecule has 0 aromatic carbocycles. The van der Waals surface area contributed by atoms with Gasteiger partial charge in [-0.3, -0.25) is 0 Å². The highest BCUT2D eigenvalue weighted by atomic mass is 35.5. The zero-order chi connectivity index (χ0) is 15.1. The Labute approximate surface area is 133 Å². The van der Waals surface area contributed by atoms with E-state index in [-0.39, 0.29) is 0 Å². The van der Waals surface area contributed by atoms with Crippen LogP contribution in [-0.2, 0) is 0 Å². The van der Waals surface area contributed by atoms with Gasteiger partial charge in [0.25, 0.3) is 0 Å². The Kier molecular flexibility index (Phi) is 14.4. The molecule has 20 heavy (non-hydrogen) atoms. The maximum absolute atomic E-state index is 5.75. The Morgan fingerprint density at radius 3 is 1.90 bits per heavy atom. The molecular weight excluding hydrogens is 266 g/mol. The van der Waals surface area contributed by atoms with Crippen molar-refractivity contribution < 1.29 is 0 Å². The van der Waals surface area contributed by atoms with Crippen LogP contribution in [-0.4, -0.2) is 18.0 Å². The van der Waals surface area contributed by atoms with Crippen molar-refractivity contribution in [2.24, 2.45) is 0 Å². The third-order valence-corrected chi connectivity index (χ3v) is 4.94. The van der Waals surface area contributed by atoms with E-state index in [2.05, 4.69) is 26.1 Å². The zero-order valence-electron chi connectivity index (χ0n) is 14.3. The molecule has 0 saturated carbocycles. The van der Waals surface area contributed by atoms with Crippen LogP contribution >= 0.6 is 11.6 Å². The highest BCUT2D eigenvalue weighted by molar-refractivity contribution is 6.17. The van der Waals surface area contributed by atoms with E-state index in [9.17, 15) is 0 Å². The molecule has 0 spiro atoms. The topological polar surface area (TPSA) is 12.0 Å². The molecule has 0 rings (SSSR count). The van der Waals surface area contributed by atoms with Crippen LogP contribution in [0.2, 0.25) is 0 Å². The van der Waals surface area contributed by atoms with Crippen LogP contribution in [0, 0.1) is 0 Å². The summed E-state index contributed by atoms with van der Waals surface area (Å²) in [5, 5.41) is 3.82. The molecule has 0 aromatic heterocycles. The molecule has 0 aliphatic carbocycles. The van der Waals surface area contributed by atoms with Crippen LogP contribution < -0.4 is 5.32 Å². The maximum atomic E-state index is 5.75. The monoisotopic (exact) mass is 303 g/mol. The summed E-state index contributed by atoms with van der Waals surface area (Å²) in [6.45, 7) is 8.08. The molecule has 0 aromatic rings. The highest BCUT2D eigenvalue weighted by Crippen LogP contribution is 2.23. The van der Waals surface area contributed by atoms with Gasteiger partial charge in [-0.2, -0.15) is 0 Å². The van der Waals surface area contributed by atoms with Crippen LogP contribution in [0.3, 0.4) is 0 Å². The van der Waals surface area contributed by atoms with Gasteiger partial charge in [0.2, 0.25) is 0 Å². The molecular formula is C18H38ClN. The SMILES string of the molecule is CCCCCCCCCC(CC)(CC)NCCCCCl. The molecule has 0 amide bonds. The minimum absolute atomic E-state index is 0.385. The summed E-state index contributed by atoms with van der Waals surface area (Å²) in [7, 11) is 0. The van der Waals surface area contributed by atoms with Crippen molar-refractivity contribution in [3.8, 4) is 0 Å². The zero-order valence-corrected chi connectivity index (χ0v) is 15.0. The van der Waals surface area contributed by atoms with Crippen molar-refractivity contribution in [2.75, 3.05) is 12.4 Å². The minimum atomic E-state index is 0.385. The summed E-state index contributed by atoms with van der Waals surface area (Å²) in [6.07, 6.45) is 16.0. The van der Waals surface area contributed by atoms with Crippen LogP contribution in [0.4, 0.5) is 0 Å². The van der Waals surface area contributed by atoms with Gasteiger partial charge in [0, 0.05) is 11.4 Å². The Morgan fingerprint density at radius 1 is 0.750 bits per heavy atom. The van der Waals surface area contributed by atoms with Crippen LogP contribution in [0.1, 0.15) is 97.8 Å². The van der Waals surface area contributed by atoms with Gasteiger partial charge in [-0.1, -0.05) is 65.7 Å². The van der Waals surface area contributed by atoms with Gasteiger partial charge in [-0.15, -0.1) is 11.6 Å². The van der Waals surface area contributed by atoms with Gasteiger partial charge in [0.05, 0.1) is 0 Å². The van der Waals surface area contributed by atoms with Gasteiger partial charge in [-0.05, 0) is 38.6 Å². The first-order chi connectivity index (χ1) is 9.74. The van der Waals surface area contributed by atoms with E-state index in [1.54, 1.807) is 0 Å². The molecule has 1 N–H and O–H groups in total. The fourth-order valence-electron chi connectivity index (χ4n) is 2.94. The molecule has 0 bridgehead atoms. The molecule has 2 heteroatoms. The van der Waals surface area contributed by atoms with Crippen molar-refractivity contribution in [1.29, 1.82) is 0 Å². The lowest BCUT2D eigenvalue weighted by atomic mass is 9.86. The second-order valence-electron chi connectivity index (χ2n) is 6.18. The van der Waals surface area contributed by atoms with Gasteiger partial charge in [-0.25, -0.2) is 0 Å². The summed E-state index contributed by atoms with van der Waals surface area (Å²) in [5.41, 5.74) is 0.385. The van der Waals surface area contributed by atoms with E-state index in [4.69, 9.17) is 11.6 Å². The Bertz CT molecular complexity index is 190. The Hall–Kier alpha value is 0.250. The number of hydrogen-bond acceptors (Lipinski definition) is 1. The van der Waals surface area contributed by atoms with E-state index in [0.29, 0.717) is 5.54 Å². The average Bonchev–Trinajstić information content (AvgIpc) is 2.49. The highest BCUT2D eigenvalue weighted by Gasteiger charge is 2.24. The number of hydrogen-bond donors (Lipinski definition) is 1. The van der Waals surface area contributed by atoms with Crippen LogP contribution in [0.15, 0.2) is 0 Å². The molecule has 0 radical (unpaired) electrons. The molecule has 1 nitrogen and oxygen atoms in total. The normalized spacial score (nSPS) is 12.0. The van der Waals surface area contributed by atoms with E-state index >= 15 is 0 Å². The summed E-state index contributed by atoms with van der Waals surface area (Å²) in [6, 6.07) is 0. The fraction of sp³-hybridized carbons (Fsp3) is 1.00. The first kappa shape index (κ1) is 20.2. The quantitative estimate of drug-likeness (QED) is 0.277. The van der Waals surface area contributed by atoms with Crippen LogP contribution in [0.5, 0.6) is 0 Å². The molecule has 0 saturated heterocycles. The fourth-order valence-corrected chi connectivity index (χ4v) is 3.12. The van der Waals surface area contributed by atoms with Crippen molar-refractivity contribution in [1.82, 2.24) is 5.32 Å². The number of unbranched alkanes of at least 4 members (excludes halogenated alkanes) is 7. The van der Waals surface area contributed by atoms with Gasteiger partial charge >= 0.3 is 0 Å². The maximum Gasteiger partial charge on any atom is 0.0223 e. The molecule has 122 valence electrons. The molecule has 0 unspecified atom stereocenters. The van der Waals surface area contributed by atoms with E-state index in [1.165, 1.54) is 70.6 Å². The number of nitrogens with one attached hydrogen (secondary N) is 1. The minimum Gasteiger partial charge on any atom is -0.311 e. The smallest absolute Gasteiger partial charge is 0.0223 e. The van der Waals surface area contributed by atoms with E-state index in [0.717, 1.165) is 18.8 Å². The first-order valence-electron chi connectivity index (χ1n) is 9.05. The van der Waals surface area contributed by atoms with E-state index < -0.39 is 0 Å². The van der Waals surface area contributed by atoms with Crippen molar-refractivity contribution in [3.63, 3.8) is 0 Å². The third-order valence-electron chi connectivity index (χ3n) is 4.67. The van der Waals surface area contributed by atoms with Gasteiger partial charge in [0.1, 0.15) is 0 Å². The number of alkyl halides is 1. The lowest BCUT2D eigenvalue weighted by Crippen LogP contribution is -2.44.